The Morgan fingerprint density at radius 2 is 1.70 bits per heavy atom. The van der Waals surface area contributed by atoms with Crippen molar-refractivity contribution in [2.75, 3.05) is 46.9 Å². The lowest BCUT2D eigenvalue weighted by atomic mass is 10.1. The Kier molecular flexibility index (Phi) is 6.36. The van der Waals surface area contributed by atoms with Gasteiger partial charge < -0.3 is 14.4 Å². The lowest BCUT2D eigenvalue weighted by Crippen LogP contribution is -3.15. The van der Waals surface area contributed by atoms with Crippen LogP contribution in [0.4, 0.5) is 0 Å². The molecule has 2 aromatic rings. The van der Waals surface area contributed by atoms with E-state index in [2.05, 4.69) is 24.3 Å². The van der Waals surface area contributed by atoms with Crippen molar-refractivity contribution in [1.82, 2.24) is 4.31 Å². The number of nitrogens with zero attached hydrogens (tertiary/aromatic N) is 1. The summed E-state index contributed by atoms with van der Waals surface area (Å²) in [6.07, 6.45) is 1.01. The Balaban J connectivity index is 1.64. The molecule has 0 amide bonds. The first-order valence-electron chi connectivity index (χ1n) is 9.14. The summed E-state index contributed by atoms with van der Waals surface area (Å²) in [6, 6.07) is 15.3. The number of hydrogen-bond acceptors (Lipinski definition) is 4. The number of benzene rings is 2. The predicted molar refractivity (Wildman–Crippen MR) is 104 cm³/mol. The van der Waals surface area contributed by atoms with Crippen LogP contribution in [0.15, 0.2) is 53.4 Å². The Morgan fingerprint density at radius 1 is 1.00 bits per heavy atom. The van der Waals surface area contributed by atoms with Crippen LogP contribution in [0.2, 0.25) is 0 Å². The minimum Gasteiger partial charge on any atom is -0.497 e. The van der Waals surface area contributed by atoms with Gasteiger partial charge in [0.2, 0.25) is 10.0 Å². The minimum atomic E-state index is -3.61. The van der Waals surface area contributed by atoms with E-state index in [1.165, 1.54) is 30.7 Å². The number of hydrogen-bond donors (Lipinski definition) is 1. The molecule has 7 heteroatoms. The molecule has 0 radical (unpaired) electrons. The molecular weight excluding hydrogens is 364 g/mol. The minimum absolute atomic E-state index is 0.164. The molecule has 2 aromatic carbocycles. The van der Waals surface area contributed by atoms with E-state index in [9.17, 15) is 8.42 Å². The fourth-order valence-corrected chi connectivity index (χ4v) is 5.00. The molecular formula is C20H27N2O4S+. The molecule has 0 spiro atoms. The molecule has 0 bridgehead atoms. The second-order valence-electron chi connectivity index (χ2n) is 6.66. The van der Waals surface area contributed by atoms with Crippen LogP contribution in [0.1, 0.15) is 5.56 Å². The molecule has 3 rings (SSSR count). The van der Waals surface area contributed by atoms with Gasteiger partial charge >= 0.3 is 0 Å². The summed E-state index contributed by atoms with van der Waals surface area (Å²) in [5, 5.41) is 0. The molecule has 1 aliphatic heterocycles. The second kappa shape index (κ2) is 8.73. The first-order chi connectivity index (χ1) is 13.0. The van der Waals surface area contributed by atoms with Crippen LogP contribution in [-0.2, 0) is 16.4 Å². The maximum Gasteiger partial charge on any atom is 0.247 e. The molecule has 146 valence electrons. The zero-order valence-electron chi connectivity index (χ0n) is 15.8. The van der Waals surface area contributed by atoms with Gasteiger partial charge in [-0.05, 0) is 17.7 Å². The SMILES string of the molecule is COc1ccc(OC)c(S(=O)(=O)N2CC[NH+](CCc3ccccc3)CC2)c1. The van der Waals surface area contributed by atoms with Gasteiger partial charge in [0.05, 0.1) is 46.9 Å². The van der Waals surface area contributed by atoms with Crippen molar-refractivity contribution in [1.29, 1.82) is 0 Å². The fraction of sp³-hybridized carbons (Fsp3) is 0.400. The van der Waals surface area contributed by atoms with Crippen LogP contribution in [0.25, 0.3) is 0 Å². The number of quaternary nitrogens is 1. The topological polar surface area (TPSA) is 60.3 Å². The average Bonchev–Trinajstić information content (AvgIpc) is 2.72. The van der Waals surface area contributed by atoms with Crippen molar-refractivity contribution in [3.63, 3.8) is 0 Å². The molecule has 0 aromatic heterocycles. The molecule has 6 nitrogen and oxygen atoms in total. The number of sulfonamides is 1. The number of ether oxygens (including phenoxy) is 2. The molecule has 1 N–H and O–H groups in total. The van der Waals surface area contributed by atoms with E-state index >= 15 is 0 Å². The summed E-state index contributed by atoms with van der Waals surface area (Å²) in [5.41, 5.74) is 1.32. The van der Waals surface area contributed by atoms with Gasteiger partial charge in [-0.1, -0.05) is 30.3 Å². The largest absolute Gasteiger partial charge is 0.497 e. The van der Waals surface area contributed by atoms with E-state index in [0.29, 0.717) is 24.6 Å². The molecule has 0 atom stereocenters. The van der Waals surface area contributed by atoms with Gasteiger partial charge in [0, 0.05) is 12.5 Å². The second-order valence-corrected chi connectivity index (χ2v) is 8.56. The molecule has 0 saturated carbocycles. The Labute approximate surface area is 161 Å². The molecule has 0 aliphatic carbocycles. The standard InChI is InChI=1S/C20H26N2O4S/c1-25-18-8-9-19(26-2)20(16-18)27(23,24)22-14-12-21(13-15-22)11-10-17-6-4-3-5-7-17/h3-9,16H,10-15H2,1-2H3/p+1. The predicted octanol–water partition coefficient (Wildman–Crippen LogP) is 0.836. The van der Waals surface area contributed by atoms with E-state index in [0.717, 1.165) is 26.1 Å². The van der Waals surface area contributed by atoms with Gasteiger partial charge in [-0.25, -0.2) is 8.42 Å². The van der Waals surface area contributed by atoms with Crippen LogP contribution >= 0.6 is 0 Å². The van der Waals surface area contributed by atoms with Crippen molar-refractivity contribution in [3.8, 4) is 11.5 Å². The molecule has 1 fully saturated rings. The highest BCUT2D eigenvalue weighted by Crippen LogP contribution is 2.30. The number of nitrogens with one attached hydrogen (secondary N) is 1. The summed E-state index contributed by atoms with van der Waals surface area (Å²) >= 11 is 0. The monoisotopic (exact) mass is 391 g/mol. The Morgan fingerprint density at radius 3 is 2.33 bits per heavy atom. The van der Waals surface area contributed by atoms with Crippen LogP contribution < -0.4 is 14.4 Å². The Bertz CT molecular complexity index is 848. The lowest BCUT2D eigenvalue weighted by Gasteiger charge is -2.31. The van der Waals surface area contributed by atoms with E-state index in [-0.39, 0.29) is 4.90 Å². The third-order valence-electron chi connectivity index (χ3n) is 5.03. The van der Waals surface area contributed by atoms with Crippen LogP contribution in [0, 0.1) is 0 Å². The first kappa shape index (κ1) is 19.7. The summed E-state index contributed by atoms with van der Waals surface area (Å²) in [7, 11) is -0.613. The van der Waals surface area contributed by atoms with Crippen LogP contribution in [-0.4, -0.2) is 59.7 Å². The van der Waals surface area contributed by atoms with Gasteiger partial charge in [-0.15, -0.1) is 0 Å². The van der Waals surface area contributed by atoms with Gasteiger partial charge in [-0.3, -0.25) is 0 Å². The fourth-order valence-electron chi connectivity index (χ4n) is 3.38. The summed E-state index contributed by atoms with van der Waals surface area (Å²) in [4.78, 5) is 1.60. The molecule has 1 heterocycles. The normalized spacial score (nSPS) is 16.2. The third-order valence-corrected chi connectivity index (χ3v) is 6.95. The van der Waals surface area contributed by atoms with E-state index in [1.54, 1.807) is 16.4 Å². The maximum absolute atomic E-state index is 13.1. The Hall–Kier alpha value is -2.09. The van der Waals surface area contributed by atoms with Crippen molar-refractivity contribution in [3.05, 3.63) is 54.1 Å². The maximum atomic E-state index is 13.1. The number of methoxy groups -OCH3 is 2. The van der Waals surface area contributed by atoms with Crippen molar-refractivity contribution >= 4 is 10.0 Å². The van der Waals surface area contributed by atoms with Crippen LogP contribution in [0.5, 0.6) is 11.5 Å². The van der Waals surface area contributed by atoms with Crippen molar-refractivity contribution in [2.45, 2.75) is 11.3 Å². The van der Waals surface area contributed by atoms with Crippen molar-refractivity contribution in [2.24, 2.45) is 0 Å². The van der Waals surface area contributed by atoms with E-state index in [1.807, 2.05) is 6.07 Å². The highest BCUT2D eigenvalue weighted by molar-refractivity contribution is 7.89. The molecule has 1 aliphatic rings. The third kappa shape index (κ3) is 4.61. The molecule has 0 unspecified atom stereocenters. The average molecular weight is 392 g/mol. The summed E-state index contributed by atoms with van der Waals surface area (Å²) < 4.78 is 38.2. The first-order valence-corrected chi connectivity index (χ1v) is 10.6. The highest BCUT2D eigenvalue weighted by Gasteiger charge is 2.32. The highest BCUT2D eigenvalue weighted by atomic mass is 32.2. The van der Waals surface area contributed by atoms with Gasteiger partial charge in [0.1, 0.15) is 16.4 Å². The zero-order valence-corrected chi connectivity index (χ0v) is 16.7. The van der Waals surface area contributed by atoms with Crippen LogP contribution in [0.3, 0.4) is 0 Å². The quantitative estimate of drug-likeness (QED) is 0.760. The van der Waals surface area contributed by atoms with Gasteiger partial charge in [0.25, 0.3) is 0 Å². The lowest BCUT2D eigenvalue weighted by molar-refractivity contribution is -0.903. The smallest absolute Gasteiger partial charge is 0.247 e. The number of rotatable bonds is 7. The summed E-state index contributed by atoms with van der Waals surface area (Å²) in [5.74, 6) is 0.844. The van der Waals surface area contributed by atoms with E-state index < -0.39 is 10.0 Å². The number of piperazine rings is 1. The zero-order chi connectivity index (χ0) is 19.3. The van der Waals surface area contributed by atoms with Gasteiger partial charge in [0.15, 0.2) is 0 Å². The van der Waals surface area contributed by atoms with Gasteiger partial charge in [-0.2, -0.15) is 4.31 Å². The summed E-state index contributed by atoms with van der Waals surface area (Å²) in [6.45, 7) is 3.64. The molecule has 27 heavy (non-hydrogen) atoms. The van der Waals surface area contributed by atoms with E-state index in [4.69, 9.17) is 9.47 Å². The molecule has 1 saturated heterocycles. The van der Waals surface area contributed by atoms with Crippen molar-refractivity contribution < 1.29 is 22.8 Å².